The molecule has 19 heavy (non-hydrogen) atoms. The first-order chi connectivity index (χ1) is 9.11. The van der Waals surface area contributed by atoms with Gasteiger partial charge < -0.3 is 5.32 Å². The second kappa shape index (κ2) is 6.59. The summed E-state index contributed by atoms with van der Waals surface area (Å²) in [5.74, 6) is -0.217. The number of pyridine rings is 1. The number of hydrogen-bond donors (Lipinski definition) is 1. The minimum Gasteiger partial charge on any atom is -0.313 e. The molecule has 0 amide bonds. The van der Waals surface area contributed by atoms with E-state index in [1.807, 2.05) is 25.2 Å². The molecule has 100 valence electrons. The van der Waals surface area contributed by atoms with E-state index >= 15 is 0 Å². The Bertz CT molecular complexity index is 538. The van der Waals surface area contributed by atoms with Crippen LogP contribution in [0.4, 0.5) is 4.39 Å². The van der Waals surface area contributed by atoms with Crippen molar-refractivity contribution in [2.24, 2.45) is 0 Å². The molecule has 0 saturated heterocycles. The highest BCUT2D eigenvalue weighted by Gasteiger charge is 2.18. The average Bonchev–Trinajstić information content (AvgIpc) is 2.39. The van der Waals surface area contributed by atoms with Crippen LogP contribution in [0.15, 0.2) is 45.5 Å². The molecule has 0 aliphatic carbocycles. The van der Waals surface area contributed by atoms with Gasteiger partial charge in [-0.1, -0.05) is 22.0 Å². The summed E-state index contributed by atoms with van der Waals surface area (Å²) in [6.07, 6.45) is 2.38. The average molecular weight is 388 g/mol. The minimum absolute atomic E-state index is 0.121. The molecule has 0 radical (unpaired) electrons. The van der Waals surface area contributed by atoms with Crippen LogP contribution < -0.4 is 5.32 Å². The first-order valence-electron chi connectivity index (χ1n) is 5.83. The van der Waals surface area contributed by atoms with Gasteiger partial charge in [0.25, 0.3) is 0 Å². The zero-order valence-corrected chi connectivity index (χ0v) is 13.5. The lowest BCUT2D eigenvalue weighted by Crippen LogP contribution is -2.21. The lowest BCUT2D eigenvalue weighted by atomic mass is 10.0. The van der Waals surface area contributed by atoms with E-state index in [4.69, 9.17) is 0 Å². The second-order valence-corrected chi connectivity index (χ2v) is 5.92. The fraction of sp³-hybridized carbons (Fsp3) is 0.214. The Morgan fingerprint density at radius 1 is 1.26 bits per heavy atom. The molecule has 0 aliphatic heterocycles. The van der Waals surface area contributed by atoms with Crippen LogP contribution in [0.1, 0.15) is 17.3 Å². The number of hydrogen-bond acceptors (Lipinski definition) is 2. The molecule has 1 N–H and O–H groups in total. The van der Waals surface area contributed by atoms with Gasteiger partial charge in [-0.2, -0.15) is 0 Å². The maximum Gasteiger partial charge on any atom is 0.129 e. The highest BCUT2D eigenvalue weighted by molar-refractivity contribution is 9.10. The lowest BCUT2D eigenvalue weighted by Gasteiger charge is -2.18. The third kappa shape index (κ3) is 3.61. The van der Waals surface area contributed by atoms with E-state index < -0.39 is 0 Å². The van der Waals surface area contributed by atoms with E-state index in [9.17, 15) is 4.39 Å². The quantitative estimate of drug-likeness (QED) is 0.848. The third-order valence-corrected chi connectivity index (χ3v) is 4.06. The first kappa shape index (κ1) is 14.6. The minimum atomic E-state index is -0.217. The van der Waals surface area contributed by atoms with Crippen molar-refractivity contribution >= 4 is 31.9 Å². The van der Waals surface area contributed by atoms with Gasteiger partial charge in [-0.15, -0.1) is 0 Å². The molecule has 1 aromatic heterocycles. The highest BCUT2D eigenvalue weighted by atomic mass is 79.9. The summed E-state index contributed by atoms with van der Waals surface area (Å²) in [6.45, 7) is 0. The summed E-state index contributed by atoms with van der Waals surface area (Å²) in [5, 5.41) is 3.14. The molecule has 0 aliphatic rings. The number of aromatic nitrogens is 1. The molecular formula is C14H13Br2FN2. The van der Waals surface area contributed by atoms with Gasteiger partial charge in [-0.25, -0.2) is 4.39 Å². The third-order valence-electron chi connectivity index (χ3n) is 2.90. The van der Waals surface area contributed by atoms with Crippen LogP contribution in [0.25, 0.3) is 0 Å². The monoisotopic (exact) mass is 386 g/mol. The van der Waals surface area contributed by atoms with Crippen LogP contribution in [0.5, 0.6) is 0 Å². The highest BCUT2D eigenvalue weighted by Crippen LogP contribution is 2.28. The van der Waals surface area contributed by atoms with Crippen molar-refractivity contribution in [1.29, 1.82) is 0 Å². The Morgan fingerprint density at radius 3 is 2.63 bits per heavy atom. The van der Waals surface area contributed by atoms with Crippen LogP contribution in [-0.4, -0.2) is 12.0 Å². The topological polar surface area (TPSA) is 24.9 Å². The van der Waals surface area contributed by atoms with Crippen molar-refractivity contribution < 1.29 is 4.39 Å². The molecule has 0 fully saturated rings. The SMILES string of the molecule is CNC(Cc1ccc(Br)cn1)c1c(F)cccc1Br. The predicted molar refractivity (Wildman–Crippen MR) is 81.5 cm³/mol. The zero-order valence-electron chi connectivity index (χ0n) is 10.3. The van der Waals surface area contributed by atoms with Gasteiger partial charge in [0.2, 0.25) is 0 Å². The molecular weight excluding hydrogens is 375 g/mol. The van der Waals surface area contributed by atoms with Crippen LogP contribution >= 0.6 is 31.9 Å². The number of benzene rings is 1. The molecule has 1 atom stereocenters. The molecule has 5 heteroatoms. The van der Waals surface area contributed by atoms with E-state index in [0.29, 0.717) is 12.0 Å². The molecule has 2 aromatic rings. The molecule has 2 rings (SSSR count). The zero-order chi connectivity index (χ0) is 13.8. The largest absolute Gasteiger partial charge is 0.313 e. The number of halogens is 3. The number of likely N-dealkylation sites (N-methyl/N-ethyl adjacent to an activating group) is 1. The predicted octanol–water partition coefficient (Wildman–Crippen LogP) is 4.25. The van der Waals surface area contributed by atoms with Crippen molar-refractivity contribution in [3.8, 4) is 0 Å². The van der Waals surface area contributed by atoms with Crippen molar-refractivity contribution in [2.45, 2.75) is 12.5 Å². The van der Waals surface area contributed by atoms with Gasteiger partial charge in [0.05, 0.1) is 0 Å². The Morgan fingerprint density at radius 2 is 2.05 bits per heavy atom. The Hall–Kier alpha value is -0.780. The fourth-order valence-electron chi connectivity index (χ4n) is 1.93. The Kier molecular flexibility index (Phi) is 5.07. The molecule has 0 spiro atoms. The molecule has 0 bridgehead atoms. The van der Waals surface area contributed by atoms with E-state index in [2.05, 4.69) is 42.2 Å². The lowest BCUT2D eigenvalue weighted by molar-refractivity contribution is 0.527. The summed E-state index contributed by atoms with van der Waals surface area (Å²) in [4.78, 5) is 4.33. The van der Waals surface area contributed by atoms with Crippen molar-refractivity contribution in [1.82, 2.24) is 10.3 Å². The summed E-state index contributed by atoms with van der Waals surface area (Å²) < 4.78 is 15.7. The van der Waals surface area contributed by atoms with E-state index in [1.54, 1.807) is 12.3 Å². The summed E-state index contributed by atoms with van der Waals surface area (Å²) in [6, 6.07) is 8.75. The second-order valence-electron chi connectivity index (χ2n) is 4.15. The van der Waals surface area contributed by atoms with Crippen LogP contribution in [0.3, 0.4) is 0 Å². The van der Waals surface area contributed by atoms with Crippen LogP contribution in [-0.2, 0) is 6.42 Å². The smallest absolute Gasteiger partial charge is 0.129 e. The van der Waals surface area contributed by atoms with E-state index in [-0.39, 0.29) is 11.9 Å². The van der Waals surface area contributed by atoms with Gasteiger partial charge in [-0.3, -0.25) is 4.98 Å². The van der Waals surface area contributed by atoms with E-state index in [1.165, 1.54) is 6.07 Å². The normalized spacial score (nSPS) is 12.4. The standard InChI is InChI=1S/C14H13Br2FN2/c1-18-13(7-10-6-5-9(15)8-19-10)14-11(16)3-2-4-12(14)17/h2-6,8,13,18H,7H2,1H3. The van der Waals surface area contributed by atoms with Gasteiger partial charge in [0.1, 0.15) is 5.82 Å². The number of nitrogens with zero attached hydrogens (tertiary/aromatic N) is 1. The maximum atomic E-state index is 14.0. The summed E-state index contributed by atoms with van der Waals surface area (Å²) >= 11 is 6.76. The molecule has 1 aromatic carbocycles. The molecule has 2 nitrogen and oxygen atoms in total. The molecule has 0 saturated carbocycles. The van der Waals surface area contributed by atoms with Gasteiger partial charge in [0, 0.05) is 38.9 Å². The molecule has 1 unspecified atom stereocenters. The van der Waals surface area contributed by atoms with Crippen LogP contribution in [0.2, 0.25) is 0 Å². The van der Waals surface area contributed by atoms with Gasteiger partial charge in [-0.05, 0) is 47.2 Å². The summed E-state index contributed by atoms with van der Waals surface area (Å²) in [7, 11) is 1.82. The summed E-state index contributed by atoms with van der Waals surface area (Å²) in [5.41, 5.74) is 1.55. The van der Waals surface area contributed by atoms with Gasteiger partial charge in [0.15, 0.2) is 0 Å². The van der Waals surface area contributed by atoms with Crippen molar-refractivity contribution in [3.63, 3.8) is 0 Å². The Balaban J connectivity index is 2.27. The number of nitrogens with one attached hydrogen (secondary N) is 1. The van der Waals surface area contributed by atoms with Crippen molar-refractivity contribution in [3.05, 3.63) is 62.5 Å². The maximum absolute atomic E-state index is 14.0. The van der Waals surface area contributed by atoms with Gasteiger partial charge >= 0.3 is 0 Å². The molecule has 1 heterocycles. The first-order valence-corrected chi connectivity index (χ1v) is 7.42. The fourth-order valence-corrected chi connectivity index (χ4v) is 2.78. The van der Waals surface area contributed by atoms with E-state index in [0.717, 1.165) is 14.6 Å². The Labute approximate surface area is 128 Å². The van der Waals surface area contributed by atoms with Crippen molar-refractivity contribution in [2.75, 3.05) is 7.05 Å². The van der Waals surface area contributed by atoms with Crippen LogP contribution in [0, 0.1) is 5.82 Å². The number of rotatable bonds is 4.